The summed E-state index contributed by atoms with van der Waals surface area (Å²) in [6.07, 6.45) is 4.61. The molecule has 1 aromatic heterocycles. The summed E-state index contributed by atoms with van der Waals surface area (Å²) >= 11 is 3.49. The Kier molecular flexibility index (Phi) is 4.47. The highest BCUT2D eigenvalue weighted by Gasteiger charge is 2.44. The summed E-state index contributed by atoms with van der Waals surface area (Å²) in [5.41, 5.74) is 2.31. The van der Waals surface area contributed by atoms with E-state index in [1.54, 1.807) is 11.8 Å². The maximum Gasteiger partial charge on any atom is 0.144 e. The van der Waals surface area contributed by atoms with Crippen molar-refractivity contribution in [2.75, 3.05) is 14.2 Å². The molecule has 1 heterocycles. The predicted molar refractivity (Wildman–Crippen MR) is 93.9 cm³/mol. The molecular formula is C17H23BrN4O. The van der Waals surface area contributed by atoms with Crippen LogP contribution in [0.3, 0.4) is 0 Å². The van der Waals surface area contributed by atoms with Gasteiger partial charge >= 0.3 is 0 Å². The van der Waals surface area contributed by atoms with Crippen LogP contribution in [0.5, 0.6) is 5.75 Å². The van der Waals surface area contributed by atoms with Crippen LogP contribution in [0.4, 0.5) is 0 Å². The number of rotatable bonds is 6. The predicted octanol–water partition coefficient (Wildman–Crippen LogP) is 3.66. The highest BCUT2D eigenvalue weighted by molar-refractivity contribution is 9.10. The number of benzene rings is 1. The SMILES string of the molecule is COc1ccc(Br)cc1-n1cc(CN(C)C(C)C2(C)CC2)nn1. The van der Waals surface area contributed by atoms with Crippen LogP contribution < -0.4 is 4.74 Å². The first-order chi connectivity index (χ1) is 10.9. The van der Waals surface area contributed by atoms with E-state index in [1.165, 1.54) is 12.8 Å². The van der Waals surface area contributed by atoms with Crippen LogP contribution in [0.1, 0.15) is 32.4 Å². The van der Waals surface area contributed by atoms with E-state index in [0.717, 1.165) is 28.1 Å². The topological polar surface area (TPSA) is 43.2 Å². The molecule has 0 aliphatic heterocycles. The van der Waals surface area contributed by atoms with E-state index < -0.39 is 0 Å². The molecule has 0 bridgehead atoms. The smallest absolute Gasteiger partial charge is 0.144 e. The minimum absolute atomic E-state index is 0.470. The van der Waals surface area contributed by atoms with Crippen molar-refractivity contribution in [1.29, 1.82) is 0 Å². The standard InChI is InChI=1S/C17H23BrN4O/c1-12(17(2)7-8-17)21(3)10-14-11-22(20-19-14)15-9-13(18)5-6-16(15)23-4/h5-6,9,11-12H,7-8,10H2,1-4H3. The lowest BCUT2D eigenvalue weighted by Crippen LogP contribution is -2.35. The molecule has 1 atom stereocenters. The molecule has 0 spiro atoms. The first kappa shape index (κ1) is 16.5. The fourth-order valence-electron chi connectivity index (χ4n) is 2.87. The van der Waals surface area contributed by atoms with E-state index in [2.05, 4.69) is 52.0 Å². The molecule has 1 unspecified atom stereocenters. The molecule has 0 N–H and O–H groups in total. The van der Waals surface area contributed by atoms with E-state index in [0.29, 0.717) is 11.5 Å². The molecule has 2 aromatic rings. The molecule has 0 saturated heterocycles. The Hall–Kier alpha value is -1.40. The number of nitrogens with zero attached hydrogens (tertiary/aromatic N) is 4. The Morgan fingerprint density at radius 2 is 2.17 bits per heavy atom. The zero-order valence-electron chi connectivity index (χ0n) is 14.1. The number of hydrogen-bond acceptors (Lipinski definition) is 4. The number of aromatic nitrogens is 3. The van der Waals surface area contributed by atoms with Gasteiger partial charge in [0.15, 0.2) is 0 Å². The van der Waals surface area contributed by atoms with Gasteiger partial charge in [-0.15, -0.1) is 5.10 Å². The zero-order valence-corrected chi connectivity index (χ0v) is 15.7. The summed E-state index contributed by atoms with van der Waals surface area (Å²) in [5, 5.41) is 8.59. The quantitative estimate of drug-likeness (QED) is 0.769. The van der Waals surface area contributed by atoms with Gasteiger partial charge in [0, 0.05) is 17.1 Å². The zero-order chi connectivity index (χ0) is 16.6. The van der Waals surface area contributed by atoms with Crippen LogP contribution in [0.2, 0.25) is 0 Å². The number of methoxy groups -OCH3 is 1. The summed E-state index contributed by atoms with van der Waals surface area (Å²) in [4.78, 5) is 2.36. The van der Waals surface area contributed by atoms with Gasteiger partial charge in [-0.3, -0.25) is 4.90 Å². The molecule has 6 heteroatoms. The van der Waals surface area contributed by atoms with Crippen LogP contribution in [0, 0.1) is 5.41 Å². The van der Waals surface area contributed by atoms with Crippen LogP contribution >= 0.6 is 15.9 Å². The van der Waals surface area contributed by atoms with Gasteiger partial charge in [-0.1, -0.05) is 28.1 Å². The summed E-state index contributed by atoms with van der Waals surface area (Å²) in [6, 6.07) is 6.40. The first-order valence-electron chi connectivity index (χ1n) is 7.88. The largest absolute Gasteiger partial charge is 0.494 e. The van der Waals surface area contributed by atoms with E-state index in [-0.39, 0.29) is 0 Å². The fraction of sp³-hybridized carbons (Fsp3) is 0.529. The highest BCUT2D eigenvalue weighted by atomic mass is 79.9. The molecule has 1 aliphatic carbocycles. The summed E-state index contributed by atoms with van der Waals surface area (Å²) in [7, 11) is 3.82. The molecule has 0 amide bonds. The van der Waals surface area contributed by atoms with Gasteiger partial charge in [-0.2, -0.15) is 0 Å². The number of halogens is 1. The molecular weight excluding hydrogens is 356 g/mol. The second-order valence-electron chi connectivity index (χ2n) is 6.72. The summed E-state index contributed by atoms with van der Waals surface area (Å²) in [6.45, 7) is 5.46. The minimum Gasteiger partial charge on any atom is -0.494 e. The molecule has 124 valence electrons. The Balaban J connectivity index is 1.77. The lowest BCUT2D eigenvalue weighted by Gasteiger charge is -2.29. The van der Waals surface area contributed by atoms with Gasteiger partial charge < -0.3 is 4.74 Å². The highest BCUT2D eigenvalue weighted by Crippen LogP contribution is 2.49. The summed E-state index contributed by atoms with van der Waals surface area (Å²) < 4.78 is 8.17. The van der Waals surface area contributed by atoms with Crippen LogP contribution in [-0.2, 0) is 6.54 Å². The monoisotopic (exact) mass is 378 g/mol. The lowest BCUT2D eigenvalue weighted by molar-refractivity contribution is 0.176. The van der Waals surface area contributed by atoms with Crippen LogP contribution in [0.25, 0.3) is 5.69 Å². The van der Waals surface area contributed by atoms with E-state index in [1.807, 2.05) is 24.4 Å². The molecule has 3 rings (SSSR count). The first-order valence-corrected chi connectivity index (χ1v) is 8.67. The third-order valence-electron chi connectivity index (χ3n) is 5.05. The van der Waals surface area contributed by atoms with Gasteiger partial charge in [0.2, 0.25) is 0 Å². The summed E-state index contributed by atoms with van der Waals surface area (Å²) in [5.74, 6) is 0.775. The molecule has 1 aliphatic rings. The molecule has 1 fully saturated rings. The number of hydrogen-bond donors (Lipinski definition) is 0. The third-order valence-corrected chi connectivity index (χ3v) is 5.54. The minimum atomic E-state index is 0.470. The van der Waals surface area contributed by atoms with Crippen molar-refractivity contribution in [1.82, 2.24) is 19.9 Å². The third kappa shape index (κ3) is 3.43. The molecule has 5 nitrogen and oxygen atoms in total. The second-order valence-corrected chi connectivity index (χ2v) is 7.63. The van der Waals surface area contributed by atoms with E-state index in [9.17, 15) is 0 Å². The van der Waals surface area contributed by atoms with E-state index in [4.69, 9.17) is 4.74 Å². The Morgan fingerprint density at radius 1 is 1.43 bits per heavy atom. The van der Waals surface area contributed by atoms with Crippen LogP contribution in [-0.4, -0.2) is 40.1 Å². The molecule has 23 heavy (non-hydrogen) atoms. The van der Waals surface area contributed by atoms with Crippen molar-refractivity contribution >= 4 is 15.9 Å². The van der Waals surface area contributed by atoms with Crippen molar-refractivity contribution in [2.45, 2.75) is 39.3 Å². The maximum atomic E-state index is 5.42. The Morgan fingerprint density at radius 3 is 2.83 bits per heavy atom. The molecule has 1 aromatic carbocycles. The average molecular weight is 379 g/mol. The Labute approximate surface area is 145 Å². The van der Waals surface area contributed by atoms with Gasteiger partial charge in [0.05, 0.1) is 19.0 Å². The van der Waals surface area contributed by atoms with Gasteiger partial charge in [0.25, 0.3) is 0 Å². The van der Waals surface area contributed by atoms with E-state index >= 15 is 0 Å². The lowest BCUT2D eigenvalue weighted by atomic mass is 9.99. The normalized spacial score (nSPS) is 17.3. The fourth-order valence-corrected chi connectivity index (χ4v) is 3.22. The van der Waals surface area contributed by atoms with Gasteiger partial charge in [-0.25, -0.2) is 4.68 Å². The van der Waals surface area contributed by atoms with Crippen molar-refractivity contribution in [2.24, 2.45) is 5.41 Å². The molecule has 1 saturated carbocycles. The van der Waals surface area contributed by atoms with Crippen molar-refractivity contribution in [3.8, 4) is 11.4 Å². The van der Waals surface area contributed by atoms with Crippen molar-refractivity contribution in [3.63, 3.8) is 0 Å². The average Bonchev–Trinajstić information content (AvgIpc) is 3.11. The van der Waals surface area contributed by atoms with Gasteiger partial charge in [-0.05, 0) is 50.4 Å². The second kappa shape index (κ2) is 6.24. The maximum absolute atomic E-state index is 5.42. The van der Waals surface area contributed by atoms with Crippen molar-refractivity contribution < 1.29 is 4.74 Å². The Bertz CT molecular complexity index is 696. The van der Waals surface area contributed by atoms with Gasteiger partial charge in [0.1, 0.15) is 11.4 Å². The molecule has 0 radical (unpaired) electrons. The van der Waals surface area contributed by atoms with Crippen molar-refractivity contribution in [3.05, 3.63) is 34.6 Å². The number of ether oxygens (including phenoxy) is 1. The van der Waals surface area contributed by atoms with Crippen LogP contribution in [0.15, 0.2) is 28.9 Å².